The second-order valence-corrected chi connectivity index (χ2v) is 5.04. The third kappa shape index (κ3) is 2.89. The largest absolute Gasteiger partial charge is 0.481 e. The van der Waals surface area contributed by atoms with Crippen molar-refractivity contribution in [3.05, 3.63) is 71.8 Å². The topological polar surface area (TPSA) is 57.5 Å². The Labute approximate surface area is 118 Å². The van der Waals surface area contributed by atoms with Crippen LogP contribution < -0.4 is 0 Å². The Morgan fingerprint density at radius 1 is 1.00 bits per heavy atom. The number of benzene rings is 2. The summed E-state index contributed by atoms with van der Waals surface area (Å²) in [6, 6.07) is 18.4. The van der Waals surface area contributed by atoms with Crippen LogP contribution in [0.5, 0.6) is 0 Å². The molecule has 0 saturated carbocycles. The van der Waals surface area contributed by atoms with Crippen molar-refractivity contribution in [3.8, 4) is 0 Å². The molecule has 0 amide bonds. The maximum atomic E-state index is 11.1. The normalized spacial score (nSPS) is 12.9. The molecule has 0 bridgehead atoms. The molecule has 1 atom stereocenters. The molecule has 0 fully saturated rings. The Balaban J connectivity index is 2.46. The van der Waals surface area contributed by atoms with Crippen LogP contribution in [0.3, 0.4) is 0 Å². The lowest BCUT2D eigenvalue weighted by Crippen LogP contribution is -2.31. The van der Waals surface area contributed by atoms with E-state index in [-0.39, 0.29) is 6.42 Å². The second-order valence-electron chi connectivity index (χ2n) is 5.04. The molecule has 0 aromatic heterocycles. The second kappa shape index (κ2) is 5.88. The minimum absolute atomic E-state index is 0.135. The van der Waals surface area contributed by atoms with Gasteiger partial charge in [-0.15, -0.1) is 0 Å². The molecule has 20 heavy (non-hydrogen) atoms. The van der Waals surface area contributed by atoms with Crippen molar-refractivity contribution < 1.29 is 15.0 Å². The summed E-state index contributed by atoms with van der Waals surface area (Å²) < 4.78 is 0. The van der Waals surface area contributed by atoms with E-state index in [4.69, 9.17) is 5.11 Å². The number of aliphatic carboxylic acids is 1. The van der Waals surface area contributed by atoms with E-state index in [0.29, 0.717) is 11.1 Å². The first-order valence-electron chi connectivity index (χ1n) is 6.60. The molecule has 0 aliphatic rings. The lowest BCUT2D eigenvalue weighted by Gasteiger charge is -2.31. The summed E-state index contributed by atoms with van der Waals surface area (Å²) >= 11 is 0. The van der Waals surface area contributed by atoms with Crippen molar-refractivity contribution in [2.75, 3.05) is 0 Å². The predicted octanol–water partition coefficient (Wildman–Crippen LogP) is 3.03. The van der Waals surface area contributed by atoms with Crippen LogP contribution in [0.2, 0.25) is 0 Å². The van der Waals surface area contributed by atoms with E-state index in [1.165, 1.54) is 0 Å². The molecule has 3 nitrogen and oxygen atoms in total. The summed E-state index contributed by atoms with van der Waals surface area (Å²) in [5, 5.41) is 20.2. The highest BCUT2D eigenvalue weighted by atomic mass is 16.4. The molecule has 0 aliphatic heterocycles. The van der Waals surface area contributed by atoms with Gasteiger partial charge in [-0.2, -0.15) is 0 Å². The van der Waals surface area contributed by atoms with Crippen LogP contribution in [0, 0.1) is 5.92 Å². The highest BCUT2D eigenvalue weighted by Crippen LogP contribution is 2.35. The van der Waals surface area contributed by atoms with E-state index in [1.54, 1.807) is 6.92 Å². The SMILES string of the molecule is CC(CC(O)(c1ccccc1)c1ccccc1)C(=O)O. The third-order valence-electron chi connectivity index (χ3n) is 3.53. The first kappa shape index (κ1) is 14.3. The molecule has 2 aromatic rings. The molecule has 2 N–H and O–H groups in total. The summed E-state index contributed by atoms with van der Waals surface area (Å²) in [4.78, 5) is 11.1. The van der Waals surface area contributed by atoms with E-state index < -0.39 is 17.5 Å². The summed E-state index contributed by atoms with van der Waals surface area (Å²) in [6.07, 6.45) is 0.135. The van der Waals surface area contributed by atoms with Gasteiger partial charge in [-0.05, 0) is 17.5 Å². The number of carboxylic acids is 1. The molecule has 0 aliphatic carbocycles. The molecular formula is C17H18O3. The lowest BCUT2D eigenvalue weighted by atomic mass is 9.80. The molecule has 2 rings (SSSR count). The number of hydrogen-bond acceptors (Lipinski definition) is 2. The molecule has 0 heterocycles. The summed E-state index contributed by atoms with van der Waals surface area (Å²) in [5.41, 5.74) is 0.124. The minimum Gasteiger partial charge on any atom is -0.481 e. The summed E-state index contributed by atoms with van der Waals surface area (Å²) in [7, 11) is 0. The van der Waals surface area contributed by atoms with Gasteiger partial charge in [-0.1, -0.05) is 67.6 Å². The molecule has 1 unspecified atom stereocenters. The number of carboxylic acid groups (broad SMARTS) is 1. The van der Waals surface area contributed by atoms with Crippen molar-refractivity contribution in [1.82, 2.24) is 0 Å². The van der Waals surface area contributed by atoms with Crippen molar-refractivity contribution in [3.63, 3.8) is 0 Å². The van der Waals surface area contributed by atoms with Gasteiger partial charge in [-0.3, -0.25) is 4.79 Å². The molecule has 2 aromatic carbocycles. The first-order valence-corrected chi connectivity index (χ1v) is 6.60. The molecule has 0 spiro atoms. The van der Waals surface area contributed by atoms with Gasteiger partial charge in [0, 0.05) is 0 Å². The summed E-state index contributed by atoms with van der Waals surface area (Å²) in [5.74, 6) is -1.55. The van der Waals surface area contributed by atoms with Crippen LogP contribution in [0.4, 0.5) is 0 Å². The fourth-order valence-electron chi connectivity index (χ4n) is 2.36. The van der Waals surface area contributed by atoms with Gasteiger partial charge in [0.15, 0.2) is 0 Å². The molecule has 0 radical (unpaired) electrons. The van der Waals surface area contributed by atoms with Crippen LogP contribution in [-0.2, 0) is 10.4 Å². The maximum Gasteiger partial charge on any atom is 0.306 e. The zero-order chi connectivity index (χ0) is 14.6. The van der Waals surface area contributed by atoms with Crippen LogP contribution in [0.15, 0.2) is 60.7 Å². The Morgan fingerprint density at radius 2 is 1.40 bits per heavy atom. The quantitative estimate of drug-likeness (QED) is 0.878. The average Bonchev–Trinajstić information content (AvgIpc) is 2.48. The Morgan fingerprint density at radius 3 is 1.75 bits per heavy atom. The number of carbonyl (C=O) groups is 1. The van der Waals surface area contributed by atoms with Crippen LogP contribution in [-0.4, -0.2) is 16.2 Å². The standard InChI is InChI=1S/C17H18O3/c1-13(16(18)19)12-17(20,14-8-4-2-5-9-14)15-10-6-3-7-11-15/h2-11,13,20H,12H2,1H3,(H,18,19). The fraction of sp³-hybridized carbons (Fsp3) is 0.235. The van der Waals surface area contributed by atoms with E-state index in [9.17, 15) is 9.90 Å². The van der Waals surface area contributed by atoms with Gasteiger partial charge in [0.25, 0.3) is 0 Å². The Hall–Kier alpha value is -2.13. The fourth-order valence-corrected chi connectivity index (χ4v) is 2.36. The smallest absolute Gasteiger partial charge is 0.306 e. The highest BCUT2D eigenvalue weighted by molar-refractivity contribution is 5.69. The van der Waals surface area contributed by atoms with Gasteiger partial charge >= 0.3 is 5.97 Å². The Bertz CT molecular complexity index is 524. The zero-order valence-electron chi connectivity index (χ0n) is 11.4. The molecule has 104 valence electrons. The van der Waals surface area contributed by atoms with E-state index in [1.807, 2.05) is 60.7 Å². The van der Waals surface area contributed by atoms with Crippen LogP contribution >= 0.6 is 0 Å². The summed E-state index contributed by atoms with van der Waals surface area (Å²) in [6.45, 7) is 1.61. The number of rotatable bonds is 5. The Kier molecular flexibility index (Phi) is 4.20. The van der Waals surface area contributed by atoms with Gasteiger partial charge < -0.3 is 10.2 Å². The number of aliphatic hydroxyl groups is 1. The van der Waals surface area contributed by atoms with Gasteiger partial charge in [0.05, 0.1) is 5.92 Å². The average molecular weight is 270 g/mol. The number of hydrogen-bond donors (Lipinski definition) is 2. The first-order chi connectivity index (χ1) is 9.54. The van der Waals surface area contributed by atoms with Crippen LogP contribution in [0.1, 0.15) is 24.5 Å². The van der Waals surface area contributed by atoms with Gasteiger partial charge in [0.2, 0.25) is 0 Å². The maximum absolute atomic E-state index is 11.1. The van der Waals surface area contributed by atoms with E-state index in [2.05, 4.69) is 0 Å². The molecule has 0 saturated heterocycles. The van der Waals surface area contributed by atoms with E-state index >= 15 is 0 Å². The molecule has 3 heteroatoms. The van der Waals surface area contributed by atoms with Gasteiger partial charge in [-0.25, -0.2) is 0 Å². The third-order valence-corrected chi connectivity index (χ3v) is 3.53. The van der Waals surface area contributed by atoms with Crippen molar-refractivity contribution in [2.45, 2.75) is 18.9 Å². The van der Waals surface area contributed by atoms with Crippen molar-refractivity contribution in [2.24, 2.45) is 5.92 Å². The van der Waals surface area contributed by atoms with Crippen molar-refractivity contribution >= 4 is 5.97 Å². The highest BCUT2D eigenvalue weighted by Gasteiger charge is 2.34. The molecular weight excluding hydrogens is 252 g/mol. The minimum atomic E-state index is -1.29. The zero-order valence-corrected chi connectivity index (χ0v) is 11.4. The van der Waals surface area contributed by atoms with Crippen molar-refractivity contribution in [1.29, 1.82) is 0 Å². The monoisotopic (exact) mass is 270 g/mol. The van der Waals surface area contributed by atoms with Gasteiger partial charge in [0.1, 0.15) is 5.60 Å². The van der Waals surface area contributed by atoms with E-state index in [0.717, 1.165) is 0 Å². The lowest BCUT2D eigenvalue weighted by molar-refractivity contribution is -0.143. The van der Waals surface area contributed by atoms with Crippen LogP contribution in [0.25, 0.3) is 0 Å². The predicted molar refractivity (Wildman–Crippen MR) is 77.3 cm³/mol.